The van der Waals surface area contributed by atoms with Gasteiger partial charge in [-0.15, -0.1) is 0 Å². The highest BCUT2D eigenvalue weighted by Gasteiger charge is 2.40. The average molecular weight is 586 g/mol. The topological polar surface area (TPSA) is 102 Å². The third-order valence-corrected chi connectivity index (χ3v) is 9.11. The number of aliphatic carboxylic acids is 1. The molecule has 3 aliphatic heterocycles. The Morgan fingerprint density at radius 1 is 1.26 bits per heavy atom. The van der Waals surface area contributed by atoms with Crippen LogP contribution >= 0.6 is 0 Å². The molecule has 2 aromatic rings. The zero-order valence-corrected chi connectivity index (χ0v) is 25.2. The molecular formula is C32H44FN3O6. The second-order valence-corrected chi connectivity index (χ2v) is 12.1. The largest absolute Gasteiger partial charge is 0.496 e. The first kappa shape index (κ1) is 30.5. The number of carboxylic acid groups (broad SMARTS) is 1. The minimum absolute atomic E-state index is 0.0113. The number of unbranched alkanes of at least 4 members (excludes halogenated alkanes) is 1. The lowest BCUT2D eigenvalue weighted by Crippen LogP contribution is -2.41. The maximum Gasteiger partial charge on any atom is 0.325 e. The van der Waals surface area contributed by atoms with Crippen LogP contribution in [0.3, 0.4) is 0 Å². The Kier molecular flexibility index (Phi) is 9.54. The fourth-order valence-corrected chi connectivity index (χ4v) is 6.37. The molecule has 0 amide bonds. The molecule has 0 aliphatic carbocycles. The Morgan fingerprint density at radius 3 is 2.86 bits per heavy atom. The Labute approximate surface area is 247 Å². The number of benzene rings is 1. The Bertz CT molecular complexity index is 1250. The van der Waals surface area contributed by atoms with E-state index in [1.54, 1.807) is 14.2 Å². The summed E-state index contributed by atoms with van der Waals surface area (Å²) in [7, 11) is 3.36. The van der Waals surface area contributed by atoms with E-state index in [-0.39, 0.29) is 12.0 Å². The van der Waals surface area contributed by atoms with Crippen molar-refractivity contribution in [2.24, 2.45) is 5.92 Å². The van der Waals surface area contributed by atoms with E-state index in [0.717, 1.165) is 73.5 Å². The SMILES string of the molecule is COc1cc(CCCCO[C@@H]2CCN(C(C(=O)O)c3cc(F)cc4c3C[C@@H](C(C)(C)OC)CO4)C2)nc2c1CCCN2. The van der Waals surface area contributed by atoms with Gasteiger partial charge in [0.2, 0.25) is 0 Å². The van der Waals surface area contributed by atoms with E-state index in [1.165, 1.54) is 12.1 Å². The number of nitrogens with one attached hydrogen (secondary N) is 1. The van der Waals surface area contributed by atoms with Gasteiger partial charge in [-0.2, -0.15) is 0 Å². The number of nitrogens with zero attached hydrogens (tertiary/aromatic N) is 2. The molecule has 1 unspecified atom stereocenters. The van der Waals surface area contributed by atoms with E-state index in [2.05, 4.69) is 5.32 Å². The van der Waals surface area contributed by atoms with Gasteiger partial charge in [-0.3, -0.25) is 9.69 Å². The lowest BCUT2D eigenvalue weighted by molar-refractivity contribution is -0.143. The predicted molar refractivity (Wildman–Crippen MR) is 157 cm³/mol. The van der Waals surface area contributed by atoms with Crippen LogP contribution in [0.15, 0.2) is 18.2 Å². The molecule has 4 heterocycles. The van der Waals surface area contributed by atoms with E-state index in [4.69, 9.17) is 23.9 Å². The van der Waals surface area contributed by atoms with Crippen LogP contribution in [0.25, 0.3) is 0 Å². The minimum Gasteiger partial charge on any atom is -0.496 e. The summed E-state index contributed by atoms with van der Waals surface area (Å²) in [5, 5.41) is 13.7. The molecule has 0 bridgehead atoms. The Hall–Kier alpha value is -2.95. The van der Waals surface area contributed by atoms with Crippen molar-refractivity contribution < 1.29 is 33.2 Å². The van der Waals surface area contributed by atoms with Gasteiger partial charge < -0.3 is 29.4 Å². The van der Waals surface area contributed by atoms with Crippen molar-refractivity contribution in [3.8, 4) is 11.5 Å². The zero-order valence-electron chi connectivity index (χ0n) is 25.2. The van der Waals surface area contributed by atoms with E-state index in [0.29, 0.717) is 44.0 Å². The Morgan fingerprint density at radius 2 is 2.10 bits per heavy atom. The Balaban J connectivity index is 1.17. The highest BCUT2D eigenvalue weighted by Crippen LogP contribution is 2.40. The van der Waals surface area contributed by atoms with Gasteiger partial charge in [-0.25, -0.2) is 9.37 Å². The second-order valence-electron chi connectivity index (χ2n) is 12.1. The van der Waals surface area contributed by atoms with Gasteiger partial charge in [0.1, 0.15) is 29.2 Å². The molecule has 42 heavy (non-hydrogen) atoms. The molecular weight excluding hydrogens is 541 g/mol. The van der Waals surface area contributed by atoms with Crippen LogP contribution in [0.5, 0.6) is 11.5 Å². The minimum atomic E-state index is -1.00. The first-order chi connectivity index (χ1) is 20.2. The first-order valence-corrected chi connectivity index (χ1v) is 15.1. The number of ether oxygens (including phenoxy) is 4. The summed E-state index contributed by atoms with van der Waals surface area (Å²) < 4.78 is 38.1. The summed E-state index contributed by atoms with van der Waals surface area (Å²) in [4.78, 5) is 19.3. The molecule has 0 spiro atoms. The van der Waals surface area contributed by atoms with Crippen molar-refractivity contribution in [1.29, 1.82) is 0 Å². The van der Waals surface area contributed by atoms with Crippen LogP contribution in [0.1, 0.15) is 68.0 Å². The maximum absolute atomic E-state index is 14.7. The molecule has 1 aromatic carbocycles. The van der Waals surface area contributed by atoms with E-state index in [1.807, 2.05) is 24.8 Å². The highest BCUT2D eigenvalue weighted by atomic mass is 19.1. The quantitative estimate of drug-likeness (QED) is 0.340. The van der Waals surface area contributed by atoms with Crippen LogP contribution in [0.2, 0.25) is 0 Å². The number of aryl methyl sites for hydroxylation is 1. The molecule has 230 valence electrons. The lowest BCUT2D eigenvalue weighted by atomic mass is 9.81. The second kappa shape index (κ2) is 13.1. The molecule has 10 heteroatoms. The third-order valence-electron chi connectivity index (χ3n) is 9.11. The number of hydrogen-bond acceptors (Lipinski definition) is 8. The smallest absolute Gasteiger partial charge is 0.325 e. The van der Waals surface area contributed by atoms with Crippen molar-refractivity contribution in [2.75, 3.05) is 52.4 Å². The number of methoxy groups -OCH3 is 2. The van der Waals surface area contributed by atoms with Gasteiger partial charge in [-0.1, -0.05) is 0 Å². The lowest BCUT2D eigenvalue weighted by Gasteiger charge is -2.38. The van der Waals surface area contributed by atoms with Gasteiger partial charge in [0, 0.05) is 68.2 Å². The predicted octanol–water partition coefficient (Wildman–Crippen LogP) is 4.80. The average Bonchev–Trinajstić information content (AvgIpc) is 3.44. The summed E-state index contributed by atoms with van der Waals surface area (Å²) in [5.41, 5.74) is 2.91. The fourth-order valence-electron chi connectivity index (χ4n) is 6.37. The summed E-state index contributed by atoms with van der Waals surface area (Å²) >= 11 is 0. The monoisotopic (exact) mass is 585 g/mol. The number of likely N-dealkylation sites (tertiary alicyclic amines) is 1. The number of anilines is 1. The van der Waals surface area contributed by atoms with Crippen molar-refractivity contribution in [3.05, 3.63) is 46.4 Å². The number of carboxylic acids is 1. The third kappa shape index (κ3) is 6.66. The standard InChI is InChI=1S/C32H44FN3O6/c1-32(2,40-4)20-14-25-26(15-21(33)16-28(25)42-19-20)29(31(37)38)36-12-10-23(18-36)41-13-6-5-8-22-17-27(39-3)24-9-7-11-34-30(24)35-22/h15-17,20,23,29H,5-14,18-19H2,1-4H3,(H,34,35)(H,37,38)/t20-,23-,29?/m1/s1. The number of halogens is 1. The molecule has 0 radical (unpaired) electrons. The summed E-state index contributed by atoms with van der Waals surface area (Å²) in [5.74, 6) is 0.786. The van der Waals surface area contributed by atoms with Crippen LogP contribution in [-0.2, 0) is 33.5 Å². The number of hydrogen-bond donors (Lipinski definition) is 2. The van der Waals surface area contributed by atoms with Gasteiger partial charge in [-0.05, 0) is 70.4 Å². The van der Waals surface area contributed by atoms with Gasteiger partial charge >= 0.3 is 5.97 Å². The molecule has 5 rings (SSSR count). The van der Waals surface area contributed by atoms with Crippen LogP contribution in [0.4, 0.5) is 10.2 Å². The van der Waals surface area contributed by atoms with E-state index in [9.17, 15) is 14.3 Å². The molecule has 9 nitrogen and oxygen atoms in total. The summed E-state index contributed by atoms with van der Waals surface area (Å²) in [6, 6.07) is 3.78. The molecule has 1 saturated heterocycles. The van der Waals surface area contributed by atoms with Gasteiger partial charge in [0.05, 0.1) is 25.4 Å². The van der Waals surface area contributed by atoms with Crippen molar-refractivity contribution in [3.63, 3.8) is 0 Å². The van der Waals surface area contributed by atoms with Crippen molar-refractivity contribution >= 4 is 11.8 Å². The summed E-state index contributed by atoms with van der Waals surface area (Å²) in [6.45, 7) is 6.93. The molecule has 3 atom stereocenters. The molecule has 1 aromatic heterocycles. The van der Waals surface area contributed by atoms with Gasteiger partial charge in [0.25, 0.3) is 0 Å². The fraction of sp³-hybridized carbons (Fsp3) is 0.625. The van der Waals surface area contributed by atoms with Crippen LogP contribution in [0, 0.1) is 11.7 Å². The number of rotatable bonds is 12. The first-order valence-electron chi connectivity index (χ1n) is 15.1. The van der Waals surface area contributed by atoms with Crippen molar-refractivity contribution in [2.45, 2.75) is 76.5 Å². The number of fused-ring (bicyclic) bond motifs is 2. The number of carbonyl (C=O) groups is 1. The maximum atomic E-state index is 14.7. The van der Waals surface area contributed by atoms with Crippen molar-refractivity contribution in [1.82, 2.24) is 9.88 Å². The summed E-state index contributed by atoms with van der Waals surface area (Å²) in [6.07, 6.45) is 5.92. The van der Waals surface area contributed by atoms with Gasteiger partial charge in [0.15, 0.2) is 0 Å². The number of pyridine rings is 1. The number of aromatic nitrogens is 1. The van der Waals surface area contributed by atoms with E-state index < -0.39 is 23.4 Å². The molecule has 1 fully saturated rings. The molecule has 0 saturated carbocycles. The van der Waals surface area contributed by atoms with E-state index >= 15 is 0 Å². The van der Waals surface area contributed by atoms with Crippen LogP contribution < -0.4 is 14.8 Å². The van der Waals surface area contributed by atoms with Crippen LogP contribution in [-0.4, -0.2) is 79.7 Å². The molecule has 2 N–H and O–H groups in total. The normalized spacial score (nSPS) is 21.2. The zero-order chi connectivity index (χ0) is 29.9. The molecule has 3 aliphatic rings. The highest BCUT2D eigenvalue weighted by molar-refractivity contribution is 5.77.